The minimum absolute atomic E-state index is 0.0601. The minimum atomic E-state index is -0.230. The summed E-state index contributed by atoms with van der Waals surface area (Å²) in [6.45, 7) is 6.03. The van der Waals surface area contributed by atoms with Crippen molar-refractivity contribution in [1.29, 1.82) is 0 Å². The Kier molecular flexibility index (Phi) is 4.51. The Labute approximate surface area is 141 Å². The van der Waals surface area contributed by atoms with Crippen molar-refractivity contribution in [3.8, 4) is 0 Å². The quantitative estimate of drug-likeness (QED) is 0.943. The number of aromatic nitrogens is 2. The zero-order chi connectivity index (χ0) is 17.3. The third-order valence-corrected chi connectivity index (χ3v) is 4.65. The maximum atomic E-state index is 12.3. The maximum Gasteiger partial charge on any atom is 0.267 e. The number of para-hydroxylation sites is 1. The van der Waals surface area contributed by atoms with Crippen LogP contribution in [0.25, 0.3) is 0 Å². The number of anilines is 1. The second-order valence-corrected chi connectivity index (χ2v) is 6.78. The zero-order valence-corrected chi connectivity index (χ0v) is 14.4. The molecule has 24 heavy (non-hydrogen) atoms. The Morgan fingerprint density at radius 1 is 1.33 bits per heavy atom. The van der Waals surface area contributed by atoms with Crippen LogP contribution in [0.5, 0.6) is 0 Å². The van der Waals surface area contributed by atoms with Gasteiger partial charge in [-0.15, -0.1) is 0 Å². The average molecular weight is 325 g/mol. The van der Waals surface area contributed by atoms with Gasteiger partial charge in [-0.25, -0.2) is 4.68 Å². The molecule has 5 heteroatoms. The number of carbonyl (C=O) groups excluding carboxylic acids is 1. The molecule has 1 aliphatic carbocycles. The molecule has 5 nitrogen and oxygen atoms in total. The van der Waals surface area contributed by atoms with Crippen LogP contribution in [0.1, 0.15) is 35.7 Å². The first kappa shape index (κ1) is 16.4. The summed E-state index contributed by atoms with van der Waals surface area (Å²) >= 11 is 0. The normalized spacial score (nSPS) is 16.5. The van der Waals surface area contributed by atoms with Crippen molar-refractivity contribution >= 4 is 11.6 Å². The highest BCUT2D eigenvalue weighted by molar-refractivity contribution is 5.92. The van der Waals surface area contributed by atoms with Gasteiger partial charge in [-0.2, -0.15) is 5.10 Å². The molecule has 0 bridgehead atoms. The molecular weight excluding hydrogens is 302 g/mol. The molecule has 1 aromatic heterocycles. The van der Waals surface area contributed by atoms with Crippen molar-refractivity contribution in [3.05, 3.63) is 57.0 Å². The highest BCUT2D eigenvalue weighted by Crippen LogP contribution is 2.22. The van der Waals surface area contributed by atoms with Crippen LogP contribution in [0.3, 0.4) is 0 Å². The molecule has 1 heterocycles. The molecule has 3 rings (SSSR count). The van der Waals surface area contributed by atoms with E-state index in [9.17, 15) is 9.59 Å². The maximum absolute atomic E-state index is 12.3. The van der Waals surface area contributed by atoms with Gasteiger partial charge in [-0.3, -0.25) is 9.59 Å². The molecular formula is C19H23N3O2. The lowest BCUT2D eigenvalue weighted by molar-refractivity contribution is -0.117. The van der Waals surface area contributed by atoms with E-state index in [4.69, 9.17) is 0 Å². The minimum Gasteiger partial charge on any atom is -0.324 e. The fraction of sp³-hybridized carbons (Fsp3) is 0.421. The Morgan fingerprint density at radius 2 is 2.04 bits per heavy atom. The van der Waals surface area contributed by atoms with Crippen molar-refractivity contribution in [2.75, 3.05) is 5.32 Å². The van der Waals surface area contributed by atoms with Crippen molar-refractivity contribution in [2.24, 2.45) is 5.92 Å². The Bertz CT molecular complexity index is 819. The fourth-order valence-electron chi connectivity index (χ4n) is 3.25. The molecule has 1 aliphatic rings. The SMILES string of the molecule is Cc1cccc(C)c1NC(=O)Cn1nc2c(cc1=O)C[C@H](C)CC2. The molecule has 1 atom stereocenters. The first-order valence-electron chi connectivity index (χ1n) is 8.40. The van der Waals surface area contributed by atoms with E-state index in [-0.39, 0.29) is 18.0 Å². The number of fused-ring (bicyclic) bond motifs is 1. The molecule has 0 saturated heterocycles. The van der Waals surface area contributed by atoms with Gasteiger partial charge >= 0.3 is 0 Å². The largest absolute Gasteiger partial charge is 0.324 e. The molecule has 1 amide bonds. The van der Waals surface area contributed by atoms with E-state index in [1.165, 1.54) is 4.68 Å². The van der Waals surface area contributed by atoms with Gasteiger partial charge in [0.1, 0.15) is 6.54 Å². The van der Waals surface area contributed by atoms with Gasteiger partial charge in [0, 0.05) is 11.8 Å². The third kappa shape index (κ3) is 3.40. The van der Waals surface area contributed by atoms with Crippen LogP contribution in [0.4, 0.5) is 5.69 Å². The second kappa shape index (κ2) is 6.59. The van der Waals surface area contributed by atoms with Crippen LogP contribution < -0.4 is 10.9 Å². The molecule has 0 saturated carbocycles. The highest BCUT2D eigenvalue weighted by Gasteiger charge is 2.19. The van der Waals surface area contributed by atoms with Crippen molar-refractivity contribution in [1.82, 2.24) is 9.78 Å². The lowest BCUT2D eigenvalue weighted by atomic mass is 9.88. The molecule has 1 aromatic carbocycles. The lowest BCUT2D eigenvalue weighted by Crippen LogP contribution is -2.32. The van der Waals surface area contributed by atoms with Crippen molar-refractivity contribution in [3.63, 3.8) is 0 Å². The number of rotatable bonds is 3. The van der Waals surface area contributed by atoms with E-state index in [0.717, 1.165) is 47.3 Å². The predicted octanol–water partition coefficient (Wildman–Crippen LogP) is 2.62. The number of carbonyl (C=O) groups is 1. The number of nitrogens with one attached hydrogen (secondary N) is 1. The summed E-state index contributed by atoms with van der Waals surface area (Å²) in [4.78, 5) is 24.6. The molecule has 0 unspecified atom stereocenters. The predicted molar refractivity (Wildman–Crippen MR) is 94.2 cm³/mol. The molecule has 0 fully saturated rings. The van der Waals surface area contributed by atoms with Crippen LogP contribution in [0, 0.1) is 19.8 Å². The number of benzene rings is 1. The topological polar surface area (TPSA) is 64.0 Å². The number of hydrogen-bond acceptors (Lipinski definition) is 3. The summed E-state index contributed by atoms with van der Waals surface area (Å²) in [6.07, 6.45) is 2.84. The smallest absolute Gasteiger partial charge is 0.267 e. The first-order chi connectivity index (χ1) is 11.4. The summed E-state index contributed by atoms with van der Waals surface area (Å²) < 4.78 is 1.28. The lowest BCUT2D eigenvalue weighted by Gasteiger charge is -2.21. The van der Waals surface area contributed by atoms with E-state index in [1.54, 1.807) is 6.07 Å². The summed E-state index contributed by atoms with van der Waals surface area (Å²) in [5.74, 6) is 0.355. The summed E-state index contributed by atoms with van der Waals surface area (Å²) in [5.41, 5.74) is 4.59. The van der Waals surface area contributed by atoms with E-state index in [1.807, 2.05) is 32.0 Å². The van der Waals surface area contributed by atoms with Gasteiger partial charge in [-0.05, 0) is 55.7 Å². The van der Waals surface area contributed by atoms with Crippen LogP contribution in [-0.4, -0.2) is 15.7 Å². The Morgan fingerprint density at radius 3 is 2.75 bits per heavy atom. The van der Waals surface area contributed by atoms with Crippen LogP contribution >= 0.6 is 0 Å². The Hall–Kier alpha value is -2.43. The van der Waals surface area contributed by atoms with Gasteiger partial charge < -0.3 is 5.32 Å². The summed E-state index contributed by atoms with van der Waals surface area (Å²) in [7, 11) is 0. The monoisotopic (exact) mass is 325 g/mol. The standard InChI is InChI=1S/C19H23N3O2/c1-12-7-8-16-15(9-12)10-18(24)22(21-16)11-17(23)20-19-13(2)5-4-6-14(19)3/h4-6,10,12H,7-9,11H2,1-3H3,(H,20,23)/t12-/m1/s1. The number of aryl methyl sites for hydroxylation is 3. The van der Waals surface area contributed by atoms with Gasteiger partial charge in [0.25, 0.3) is 5.56 Å². The van der Waals surface area contributed by atoms with E-state index in [0.29, 0.717) is 5.92 Å². The molecule has 126 valence electrons. The summed E-state index contributed by atoms with van der Waals surface area (Å²) in [6, 6.07) is 7.50. The zero-order valence-electron chi connectivity index (χ0n) is 14.4. The molecule has 2 aromatic rings. The van der Waals surface area contributed by atoms with E-state index in [2.05, 4.69) is 17.3 Å². The van der Waals surface area contributed by atoms with E-state index < -0.39 is 0 Å². The number of hydrogen-bond donors (Lipinski definition) is 1. The van der Waals surface area contributed by atoms with Gasteiger partial charge in [0.15, 0.2) is 0 Å². The molecule has 0 spiro atoms. The highest BCUT2D eigenvalue weighted by atomic mass is 16.2. The van der Waals surface area contributed by atoms with Crippen molar-refractivity contribution < 1.29 is 4.79 Å². The first-order valence-corrected chi connectivity index (χ1v) is 8.40. The molecule has 1 N–H and O–H groups in total. The Balaban J connectivity index is 1.79. The second-order valence-electron chi connectivity index (χ2n) is 6.78. The van der Waals surface area contributed by atoms with Crippen LogP contribution in [0.2, 0.25) is 0 Å². The average Bonchev–Trinajstić information content (AvgIpc) is 2.52. The molecule has 0 radical (unpaired) electrons. The van der Waals surface area contributed by atoms with Crippen LogP contribution in [-0.2, 0) is 24.2 Å². The number of amides is 1. The van der Waals surface area contributed by atoms with Gasteiger partial charge in [-0.1, -0.05) is 25.1 Å². The van der Waals surface area contributed by atoms with Gasteiger partial charge in [0.05, 0.1) is 5.69 Å². The number of nitrogens with zero attached hydrogens (tertiary/aromatic N) is 2. The van der Waals surface area contributed by atoms with E-state index >= 15 is 0 Å². The van der Waals surface area contributed by atoms with Crippen molar-refractivity contribution in [2.45, 2.75) is 46.6 Å². The van der Waals surface area contributed by atoms with Crippen LogP contribution in [0.15, 0.2) is 29.1 Å². The summed E-state index contributed by atoms with van der Waals surface area (Å²) in [5, 5.41) is 7.32. The third-order valence-electron chi connectivity index (χ3n) is 4.65. The molecule has 0 aliphatic heterocycles. The van der Waals surface area contributed by atoms with Gasteiger partial charge in [0.2, 0.25) is 5.91 Å². The fourth-order valence-corrected chi connectivity index (χ4v) is 3.25.